The van der Waals surface area contributed by atoms with Crippen molar-refractivity contribution >= 4 is 0 Å². The summed E-state index contributed by atoms with van der Waals surface area (Å²) in [5.74, 6) is 0.291. The lowest BCUT2D eigenvalue weighted by Crippen LogP contribution is -2.23. The van der Waals surface area contributed by atoms with Crippen LogP contribution in [0.1, 0.15) is 31.0 Å². The van der Waals surface area contributed by atoms with Gasteiger partial charge in [-0.05, 0) is 32.4 Å². The van der Waals surface area contributed by atoms with Gasteiger partial charge in [-0.1, -0.05) is 12.1 Å². The number of phenols is 1. The summed E-state index contributed by atoms with van der Waals surface area (Å²) in [5.41, 5.74) is 1.91. The Morgan fingerprint density at radius 1 is 1.44 bits per heavy atom. The Labute approximate surface area is 96.7 Å². The highest BCUT2D eigenvalue weighted by Gasteiger charge is 2.10. The van der Waals surface area contributed by atoms with E-state index in [-0.39, 0.29) is 12.0 Å². The van der Waals surface area contributed by atoms with Crippen molar-refractivity contribution in [3.63, 3.8) is 0 Å². The van der Waals surface area contributed by atoms with E-state index in [2.05, 4.69) is 11.4 Å². The zero-order valence-corrected chi connectivity index (χ0v) is 9.99. The third-order valence-corrected chi connectivity index (χ3v) is 2.60. The molecule has 3 nitrogen and oxygen atoms in total. The molecule has 2 N–H and O–H groups in total. The zero-order valence-electron chi connectivity index (χ0n) is 9.99. The Morgan fingerprint density at radius 3 is 2.69 bits per heavy atom. The summed E-state index contributed by atoms with van der Waals surface area (Å²) in [7, 11) is 0. The molecule has 1 rings (SSSR count). The van der Waals surface area contributed by atoms with Gasteiger partial charge in [0.15, 0.2) is 0 Å². The van der Waals surface area contributed by atoms with Crippen molar-refractivity contribution in [1.29, 1.82) is 5.26 Å². The molecule has 0 aliphatic carbocycles. The number of phenolic OH excluding ortho intramolecular Hbond substituents is 1. The fourth-order valence-electron chi connectivity index (χ4n) is 1.53. The first-order valence-corrected chi connectivity index (χ1v) is 5.47. The second-order valence-corrected chi connectivity index (χ2v) is 4.22. The maximum Gasteiger partial charge on any atom is 0.120 e. The molecule has 2 unspecified atom stereocenters. The molecule has 86 valence electrons. The van der Waals surface area contributed by atoms with Crippen molar-refractivity contribution in [3.8, 4) is 11.8 Å². The van der Waals surface area contributed by atoms with E-state index >= 15 is 0 Å². The van der Waals surface area contributed by atoms with Crippen LogP contribution in [0.2, 0.25) is 0 Å². The SMILES string of the molecule is Cc1ccc(C(C)NCC(C)C#N)c(O)c1. The number of rotatable bonds is 4. The van der Waals surface area contributed by atoms with Crippen LogP contribution in [0, 0.1) is 24.2 Å². The van der Waals surface area contributed by atoms with Gasteiger partial charge in [0.25, 0.3) is 0 Å². The Hall–Kier alpha value is -1.53. The minimum atomic E-state index is -0.0185. The number of nitriles is 1. The van der Waals surface area contributed by atoms with Crippen molar-refractivity contribution < 1.29 is 5.11 Å². The van der Waals surface area contributed by atoms with Crippen LogP contribution < -0.4 is 5.32 Å². The Balaban J connectivity index is 2.66. The summed E-state index contributed by atoms with van der Waals surface area (Å²) < 4.78 is 0. The first-order valence-electron chi connectivity index (χ1n) is 5.47. The van der Waals surface area contributed by atoms with Gasteiger partial charge in [-0.25, -0.2) is 0 Å². The quantitative estimate of drug-likeness (QED) is 0.816. The van der Waals surface area contributed by atoms with Gasteiger partial charge in [0.1, 0.15) is 5.75 Å². The molecule has 16 heavy (non-hydrogen) atoms. The molecular weight excluding hydrogens is 200 g/mol. The number of aromatic hydroxyl groups is 1. The normalized spacial score (nSPS) is 14.1. The highest BCUT2D eigenvalue weighted by molar-refractivity contribution is 5.37. The monoisotopic (exact) mass is 218 g/mol. The molecule has 0 aliphatic heterocycles. The van der Waals surface area contributed by atoms with E-state index in [1.54, 1.807) is 6.07 Å². The van der Waals surface area contributed by atoms with Gasteiger partial charge in [-0.15, -0.1) is 0 Å². The topological polar surface area (TPSA) is 56.0 Å². The van der Waals surface area contributed by atoms with Crippen LogP contribution in [0.4, 0.5) is 0 Å². The number of nitrogens with zero attached hydrogens (tertiary/aromatic N) is 1. The second-order valence-electron chi connectivity index (χ2n) is 4.22. The van der Waals surface area contributed by atoms with Gasteiger partial charge in [-0.3, -0.25) is 0 Å². The molecule has 0 aliphatic rings. The van der Waals surface area contributed by atoms with Crippen molar-refractivity contribution in [2.75, 3.05) is 6.54 Å². The van der Waals surface area contributed by atoms with Crippen LogP contribution in [-0.4, -0.2) is 11.7 Å². The van der Waals surface area contributed by atoms with Crippen LogP contribution >= 0.6 is 0 Å². The third kappa shape index (κ3) is 3.25. The summed E-state index contributed by atoms with van der Waals surface area (Å²) in [6.45, 7) is 6.42. The summed E-state index contributed by atoms with van der Waals surface area (Å²) >= 11 is 0. The van der Waals surface area contributed by atoms with Gasteiger partial charge < -0.3 is 10.4 Å². The summed E-state index contributed by atoms with van der Waals surface area (Å²) in [6, 6.07) is 7.86. The van der Waals surface area contributed by atoms with Gasteiger partial charge in [0, 0.05) is 18.2 Å². The molecule has 1 aromatic carbocycles. The molecule has 0 saturated heterocycles. The molecule has 0 bridgehead atoms. The first kappa shape index (κ1) is 12.5. The van der Waals surface area contributed by atoms with E-state index in [1.165, 1.54) is 0 Å². The minimum absolute atomic E-state index is 0.0185. The van der Waals surface area contributed by atoms with Gasteiger partial charge in [-0.2, -0.15) is 5.26 Å². The molecule has 1 aromatic rings. The molecule has 0 spiro atoms. The summed E-state index contributed by atoms with van der Waals surface area (Å²) in [6.07, 6.45) is 0. The smallest absolute Gasteiger partial charge is 0.120 e. The van der Waals surface area contributed by atoms with Crippen molar-refractivity contribution in [1.82, 2.24) is 5.32 Å². The Bertz CT molecular complexity index is 395. The van der Waals surface area contributed by atoms with Crippen LogP contribution in [0.3, 0.4) is 0 Å². The van der Waals surface area contributed by atoms with Crippen molar-refractivity contribution in [2.24, 2.45) is 5.92 Å². The maximum absolute atomic E-state index is 9.78. The Morgan fingerprint density at radius 2 is 2.12 bits per heavy atom. The highest BCUT2D eigenvalue weighted by atomic mass is 16.3. The number of hydrogen-bond acceptors (Lipinski definition) is 3. The standard InChI is InChI=1S/C13H18N2O/c1-9-4-5-12(13(16)6-9)11(3)15-8-10(2)7-14/h4-6,10-11,15-16H,8H2,1-3H3. The number of aryl methyl sites for hydroxylation is 1. The average molecular weight is 218 g/mol. The highest BCUT2D eigenvalue weighted by Crippen LogP contribution is 2.24. The largest absolute Gasteiger partial charge is 0.508 e. The van der Waals surface area contributed by atoms with E-state index in [9.17, 15) is 5.11 Å². The first-order chi connectivity index (χ1) is 7.54. The van der Waals surface area contributed by atoms with E-state index in [0.717, 1.165) is 11.1 Å². The maximum atomic E-state index is 9.78. The predicted molar refractivity (Wildman–Crippen MR) is 64.0 cm³/mol. The molecule has 0 radical (unpaired) electrons. The molecule has 0 fully saturated rings. The van der Waals surface area contributed by atoms with Gasteiger partial charge in [0.05, 0.1) is 12.0 Å². The Kier molecular flexibility index (Phi) is 4.33. The van der Waals surface area contributed by atoms with E-state index in [4.69, 9.17) is 5.26 Å². The third-order valence-electron chi connectivity index (χ3n) is 2.60. The molecular formula is C13H18N2O. The van der Waals surface area contributed by atoms with Gasteiger partial charge >= 0.3 is 0 Å². The van der Waals surface area contributed by atoms with Crippen LogP contribution in [0.15, 0.2) is 18.2 Å². The fraction of sp³-hybridized carbons (Fsp3) is 0.462. The van der Waals surface area contributed by atoms with Crippen LogP contribution in [-0.2, 0) is 0 Å². The minimum Gasteiger partial charge on any atom is -0.508 e. The van der Waals surface area contributed by atoms with Crippen LogP contribution in [0.25, 0.3) is 0 Å². The number of hydrogen-bond donors (Lipinski definition) is 2. The lowest BCUT2D eigenvalue weighted by atomic mass is 10.0. The summed E-state index contributed by atoms with van der Waals surface area (Å²) in [4.78, 5) is 0. The van der Waals surface area contributed by atoms with Gasteiger partial charge in [0.2, 0.25) is 0 Å². The van der Waals surface area contributed by atoms with Crippen LogP contribution in [0.5, 0.6) is 5.75 Å². The van der Waals surface area contributed by atoms with Crippen molar-refractivity contribution in [2.45, 2.75) is 26.8 Å². The van der Waals surface area contributed by atoms with Crippen molar-refractivity contribution in [3.05, 3.63) is 29.3 Å². The molecule has 3 heteroatoms. The summed E-state index contributed by atoms with van der Waals surface area (Å²) in [5, 5.41) is 21.7. The average Bonchev–Trinajstić information content (AvgIpc) is 2.25. The fourth-order valence-corrected chi connectivity index (χ4v) is 1.53. The zero-order chi connectivity index (χ0) is 12.1. The lowest BCUT2D eigenvalue weighted by Gasteiger charge is -2.16. The predicted octanol–water partition coefficient (Wildman–Crippen LogP) is 2.51. The number of benzene rings is 1. The molecule has 2 atom stereocenters. The molecule has 0 aromatic heterocycles. The second kappa shape index (κ2) is 5.53. The van der Waals surface area contributed by atoms with E-state index < -0.39 is 0 Å². The van der Waals surface area contributed by atoms with E-state index in [0.29, 0.717) is 12.3 Å². The molecule has 0 amide bonds. The molecule has 0 heterocycles. The number of nitrogens with one attached hydrogen (secondary N) is 1. The van der Waals surface area contributed by atoms with E-state index in [1.807, 2.05) is 32.9 Å². The molecule has 0 saturated carbocycles. The lowest BCUT2D eigenvalue weighted by molar-refractivity contribution is 0.447.